The van der Waals surface area contributed by atoms with E-state index < -0.39 is 0 Å². The van der Waals surface area contributed by atoms with Crippen LogP contribution in [-0.2, 0) is 16.2 Å². The van der Waals surface area contributed by atoms with E-state index in [1.54, 1.807) is 0 Å². The van der Waals surface area contributed by atoms with Crippen LogP contribution in [0.1, 0.15) is 107 Å². The van der Waals surface area contributed by atoms with E-state index in [1.165, 1.54) is 44.5 Å². The van der Waals surface area contributed by atoms with Crippen LogP contribution in [0.3, 0.4) is 0 Å². The molecule has 0 spiro atoms. The van der Waals surface area contributed by atoms with Gasteiger partial charge >= 0.3 is 0 Å². The fraction of sp³-hybridized carbons (Fsp3) is 0.220. The minimum atomic E-state index is -0.373. The highest BCUT2D eigenvalue weighted by Crippen LogP contribution is 2.55. The third-order valence-corrected chi connectivity index (χ3v) is 12.5. The monoisotopic (exact) mass is 798 g/mol. The highest BCUT2D eigenvalue weighted by Gasteiger charge is 2.39. The molecule has 2 heteroatoms. The molecule has 308 valence electrons. The van der Waals surface area contributed by atoms with Crippen molar-refractivity contribution in [1.82, 2.24) is 0 Å². The van der Waals surface area contributed by atoms with Gasteiger partial charge in [-0.1, -0.05) is 179 Å². The maximum absolute atomic E-state index is 4.47. The summed E-state index contributed by atoms with van der Waals surface area (Å²) in [5.74, 6) is 0. The average molecular weight is 799 g/mol. The van der Waals surface area contributed by atoms with Crippen LogP contribution in [0, 0.1) is 6.92 Å². The van der Waals surface area contributed by atoms with Crippen molar-refractivity contribution in [2.24, 2.45) is 0 Å². The smallest absolute Gasteiger partial charge is 0.0543 e. The van der Waals surface area contributed by atoms with Crippen molar-refractivity contribution < 1.29 is 0 Å². The first kappa shape index (κ1) is 42.7. The van der Waals surface area contributed by atoms with Gasteiger partial charge in [-0.05, 0) is 123 Å². The lowest BCUT2D eigenvalue weighted by molar-refractivity contribution is 0.590. The van der Waals surface area contributed by atoms with Gasteiger partial charge in [-0.2, -0.15) is 0 Å². The minimum absolute atomic E-state index is 0.00970. The fourth-order valence-electron chi connectivity index (χ4n) is 9.07. The van der Waals surface area contributed by atoms with Crippen LogP contribution in [0.15, 0.2) is 153 Å². The van der Waals surface area contributed by atoms with Gasteiger partial charge in [0.05, 0.1) is 11.4 Å². The summed E-state index contributed by atoms with van der Waals surface area (Å²) in [6.07, 6.45) is 8.22. The Bertz CT molecular complexity index is 2850. The molecule has 0 heterocycles. The van der Waals surface area contributed by atoms with Crippen molar-refractivity contribution in [2.75, 3.05) is 9.80 Å². The van der Waals surface area contributed by atoms with E-state index in [4.69, 9.17) is 0 Å². The number of allylic oxidation sites excluding steroid dienone is 1. The van der Waals surface area contributed by atoms with Gasteiger partial charge in [-0.3, -0.25) is 0 Å². The molecule has 1 aliphatic rings. The number of fused-ring (bicyclic) bond motifs is 3. The summed E-state index contributed by atoms with van der Waals surface area (Å²) in [5, 5.41) is 1.95. The molecule has 0 N–H and O–H groups in total. The lowest BCUT2D eigenvalue weighted by Crippen LogP contribution is -2.31. The molecule has 0 unspecified atom stereocenters. The van der Waals surface area contributed by atoms with Crippen LogP contribution in [0.25, 0.3) is 41.3 Å². The average Bonchev–Trinajstić information content (AvgIpc) is 3.46. The Hall–Kier alpha value is -6.38. The molecule has 7 rings (SSSR count). The van der Waals surface area contributed by atoms with Crippen molar-refractivity contribution in [3.05, 3.63) is 208 Å². The van der Waals surface area contributed by atoms with Gasteiger partial charge in [-0.25, -0.2) is 0 Å². The highest BCUT2D eigenvalue weighted by molar-refractivity contribution is 5.99. The molecule has 6 aromatic rings. The molecule has 0 aliphatic heterocycles. The summed E-state index contributed by atoms with van der Waals surface area (Å²) in [5.41, 5.74) is 17.9. The Morgan fingerprint density at radius 1 is 0.607 bits per heavy atom. The molecule has 6 aromatic carbocycles. The molecule has 0 atom stereocenters. The van der Waals surface area contributed by atoms with Gasteiger partial charge < -0.3 is 9.80 Å². The summed E-state index contributed by atoms with van der Waals surface area (Å²) in [6, 6.07) is 44.3. The second-order valence-electron chi connectivity index (χ2n) is 18.9. The summed E-state index contributed by atoms with van der Waals surface area (Å²) < 4.78 is 0. The quantitative estimate of drug-likeness (QED) is 0.136. The van der Waals surface area contributed by atoms with E-state index in [0.29, 0.717) is 0 Å². The molecule has 0 amide bonds. The van der Waals surface area contributed by atoms with E-state index >= 15 is 0 Å². The van der Waals surface area contributed by atoms with Crippen LogP contribution in [-0.4, -0.2) is 0 Å². The van der Waals surface area contributed by atoms with E-state index in [1.807, 2.05) is 24.3 Å². The maximum atomic E-state index is 4.47. The number of anilines is 4. The topological polar surface area (TPSA) is 6.48 Å². The molecular formula is C59H62N2. The SMILES string of the molecule is C=C/C(=c1/ccccc1=C)N(c1cccc(C(C)(C)C)c1)c1cc2c(c(C=C)c1C=C)-c1ccc(N(/C(=C/C)c3ccccc3C)c3cccc(C(C)(C)C)c3)cc1C2(C)C. The van der Waals surface area contributed by atoms with E-state index in [0.717, 1.165) is 55.7 Å². The van der Waals surface area contributed by atoms with Crippen molar-refractivity contribution in [1.29, 1.82) is 0 Å². The van der Waals surface area contributed by atoms with Crippen molar-refractivity contribution >= 4 is 52.9 Å². The van der Waals surface area contributed by atoms with Gasteiger partial charge in [0.25, 0.3) is 0 Å². The molecule has 0 saturated carbocycles. The standard InChI is InChI=1S/C59H62N2/c1-15-46-47(16-2)56-50-34-33-45(60(43-29-23-27-41(35-43)57(7,8)9)53(17-3)48-31-21-19-25-39(48)5)37-51(50)59(13,14)52(56)38-55(46)61(44-30-24-28-42(36-44)58(10,11)12)54(18-4)49-32-22-20-26-40(49)6/h15-38H,1-2,4,6H2,3,5,7-14H3/b53-17+,54-49+. The summed E-state index contributed by atoms with van der Waals surface area (Å²) >= 11 is 0. The van der Waals surface area contributed by atoms with Crippen LogP contribution in [0.2, 0.25) is 0 Å². The van der Waals surface area contributed by atoms with Gasteiger partial charge in [0.15, 0.2) is 0 Å². The number of hydrogen-bond acceptors (Lipinski definition) is 2. The second kappa shape index (κ2) is 16.2. The van der Waals surface area contributed by atoms with E-state index in [-0.39, 0.29) is 16.2 Å². The first-order valence-electron chi connectivity index (χ1n) is 21.5. The van der Waals surface area contributed by atoms with Crippen molar-refractivity contribution in [3.8, 4) is 11.1 Å². The van der Waals surface area contributed by atoms with E-state index in [2.05, 4.69) is 227 Å². The van der Waals surface area contributed by atoms with Crippen molar-refractivity contribution in [3.63, 3.8) is 0 Å². The van der Waals surface area contributed by atoms with Gasteiger partial charge in [0, 0.05) is 44.5 Å². The normalized spacial score (nSPS) is 13.8. The predicted octanol–water partition coefficient (Wildman–Crippen LogP) is 14.9. The van der Waals surface area contributed by atoms with Gasteiger partial charge in [-0.15, -0.1) is 0 Å². The largest absolute Gasteiger partial charge is 0.310 e. The van der Waals surface area contributed by atoms with Crippen molar-refractivity contribution in [2.45, 2.75) is 85.5 Å². The number of nitrogens with zero attached hydrogens (tertiary/aromatic N) is 2. The Balaban J connectivity index is 1.51. The predicted molar refractivity (Wildman–Crippen MR) is 268 cm³/mol. The molecule has 0 radical (unpaired) electrons. The Labute approximate surface area is 365 Å². The van der Waals surface area contributed by atoms with Gasteiger partial charge in [0.1, 0.15) is 0 Å². The molecule has 61 heavy (non-hydrogen) atoms. The minimum Gasteiger partial charge on any atom is -0.310 e. The number of benzene rings is 6. The van der Waals surface area contributed by atoms with Crippen LogP contribution in [0.5, 0.6) is 0 Å². The maximum Gasteiger partial charge on any atom is 0.0543 e. The molecule has 0 bridgehead atoms. The zero-order chi connectivity index (χ0) is 44.0. The second-order valence-corrected chi connectivity index (χ2v) is 18.9. The third kappa shape index (κ3) is 7.65. The fourth-order valence-corrected chi connectivity index (χ4v) is 9.07. The summed E-state index contributed by atoms with van der Waals surface area (Å²) in [7, 11) is 0. The first-order chi connectivity index (χ1) is 29.0. The summed E-state index contributed by atoms with van der Waals surface area (Å²) in [4.78, 5) is 4.79. The molecule has 0 aromatic heterocycles. The number of rotatable bonds is 10. The molecule has 1 aliphatic carbocycles. The zero-order valence-electron chi connectivity index (χ0n) is 38.1. The van der Waals surface area contributed by atoms with E-state index in [9.17, 15) is 0 Å². The molecule has 0 saturated heterocycles. The molecule has 2 nitrogen and oxygen atoms in total. The zero-order valence-corrected chi connectivity index (χ0v) is 38.1. The lowest BCUT2D eigenvalue weighted by atomic mass is 9.80. The highest BCUT2D eigenvalue weighted by atomic mass is 15.2. The summed E-state index contributed by atoms with van der Waals surface area (Å²) in [6.45, 7) is 40.5. The Kier molecular flexibility index (Phi) is 11.4. The Morgan fingerprint density at radius 3 is 1.74 bits per heavy atom. The van der Waals surface area contributed by atoms with Gasteiger partial charge in [0.2, 0.25) is 0 Å². The third-order valence-electron chi connectivity index (χ3n) is 12.5. The number of aryl methyl sites for hydroxylation is 1. The number of hydrogen-bond donors (Lipinski definition) is 0. The lowest BCUT2D eigenvalue weighted by Gasteiger charge is -2.33. The van der Waals surface area contributed by atoms with Crippen LogP contribution >= 0.6 is 0 Å². The molecule has 0 fully saturated rings. The van der Waals surface area contributed by atoms with Crippen LogP contribution in [0.4, 0.5) is 22.7 Å². The first-order valence-corrected chi connectivity index (χ1v) is 21.5. The molecular weight excluding hydrogens is 737 g/mol. The Morgan fingerprint density at radius 2 is 1.18 bits per heavy atom. The van der Waals surface area contributed by atoms with Crippen LogP contribution < -0.4 is 20.2 Å².